The summed E-state index contributed by atoms with van der Waals surface area (Å²) in [7, 11) is -0.869. The van der Waals surface area contributed by atoms with Crippen molar-refractivity contribution < 1.29 is 18.3 Å². The smallest absolute Gasteiger partial charge is 0.273 e. The van der Waals surface area contributed by atoms with E-state index >= 15 is 0 Å². The van der Waals surface area contributed by atoms with Crippen LogP contribution in [-0.2, 0) is 15.7 Å². The Morgan fingerprint density at radius 3 is 2.46 bits per heavy atom. The van der Waals surface area contributed by atoms with Crippen LogP contribution in [0.5, 0.6) is 0 Å². The highest BCUT2D eigenvalue weighted by molar-refractivity contribution is 7.83. The first-order valence-corrected chi connectivity index (χ1v) is 11.9. The van der Waals surface area contributed by atoms with Gasteiger partial charge in [-0.15, -0.1) is 0 Å². The molecule has 3 aliphatic heterocycles. The summed E-state index contributed by atoms with van der Waals surface area (Å²) in [6, 6.07) is 2.51. The number of fused-ring (bicyclic) bond motifs is 2. The first kappa shape index (κ1) is 18.8. The number of ether oxygens (including phenoxy) is 1. The molecule has 1 N–H and O–H groups in total. The number of rotatable bonds is 5. The summed E-state index contributed by atoms with van der Waals surface area (Å²) in [6.45, 7) is 1.27. The van der Waals surface area contributed by atoms with Gasteiger partial charge in [-0.05, 0) is 38.5 Å². The number of nitrogens with zero attached hydrogens (tertiary/aromatic N) is 2. The second kappa shape index (κ2) is 7.88. The Labute approximate surface area is 168 Å². The van der Waals surface area contributed by atoms with Crippen molar-refractivity contribution in [2.45, 2.75) is 87.1 Å². The van der Waals surface area contributed by atoms with Crippen LogP contribution in [0.15, 0.2) is 10.6 Å². The van der Waals surface area contributed by atoms with Gasteiger partial charge in [0.05, 0.1) is 30.1 Å². The molecule has 154 valence electrons. The van der Waals surface area contributed by atoms with Crippen molar-refractivity contribution in [1.82, 2.24) is 14.8 Å². The first-order chi connectivity index (χ1) is 13.7. The molecular weight excluding hydrogens is 378 g/mol. The van der Waals surface area contributed by atoms with Gasteiger partial charge in [-0.3, -0.25) is 4.79 Å². The van der Waals surface area contributed by atoms with Crippen LogP contribution in [-0.4, -0.2) is 56.2 Å². The Morgan fingerprint density at radius 1 is 1.11 bits per heavy atom. The third-order valence-electron chi connectivity index (χ3n) is 6.85. The average Bonchev–Trinajstić information content (AvgIpc) is 3.24. The minimum Gasteiger partial charge on any atom is -0.380 e. The van der Waals surface area contributed by atoms with Crippen molar-refractivity contribution >= 4 is 16.9 Å². The van der Waals surface area contributed by atoms with Gasteiger partial charge < -0.3 is 14.6 Å². The summed E-state index contributed by atoms with van der Waals surface area (Å²) < 4.78 is 26.0. The van der Waals surface area contributed by atoms with E-state index in [1.807, 2.05) is 0 Å². The van der Waals surface area contributed by atoms with Gasteiger partial charge in [-0.1, -0.05) is 24.4 Å². The molecule has 5 rings (SSSR count). The fraction of sp³-hybridized carbons (Fsp3) is 0.800. The summed E-state index contributed by atoms with van der Waals surface area (Å²) >= 11 is 0. The van der Waals surface area contributed by atoms with Crippen molar-refractivity contribution in [3.63, 3.8) is 0 Å². The second-order valence-corrected chi connectivity index (χ2v) is 10.4. The molecule has 1 aromatic heterocycles. The Morgan fingerprint density at radius 2 is 1.82 bits per heavy atom. The van der Waals surface area contributed by atoms with Crippen LogP contribution in [0.1, 0.15) is 80.0 Å². The van der Waals surface area contributed by atoms with Crippen LogP contribution in [0.4, 0.5) is 0 Å². The van der Waals surface area contributed by atoms with Gasteiger partial charge in [0.1, 0.15) is 5.76 Å². The van der Waals surface area contributed by atoms with E-state index in [9.17, 15) is 9.00 Å². The van der Waals surface area contributed by atoms with E-state index in [0.29, 0.717) is 36.2 Å². The fourth-order valence-corrected chi connectivity index (χ4v) is 7.28. The van der Waals surface area contributed by atoms with Crippen LogP contribution in [0.25, 0.3) is 0 Å². The molecule has 4 fully saturated rings. The highest BCUT2D eigenvalue weighted by Crippen LogP contribution is 2.39. The zero-order valence-electron chi connectivity index (χ0n) is 16.2. The fourth-order valence-electron chi connectivity index (χ4n) is 5.23. The Kier molecular flexibility index (Phi) is 5.28. The number of carbonyl (C=O) groups is 1. The SMILES string of the molecule is O=C(NC1CC2CCC(C1)N2S(=O)C1CCCCC1)c1cc(C2COC2)on1. The third kappa shape index (κ3) is 3.55. The normalized spacial score (nSPS) is 32.8. The largest absolute Gasteiger partial charge is 0.380 e. The van der Waals surface area contributed by atoms with E-state index in [4.69, 9.17) is 9.26 Å². The van der Waals surface area contributed by atoms with Gasteiger partial charge in [0.15, 0.2) is 5.69 Å². The molecule has 1 saturated carbocycles. The maximum Gasteiger partial charge on any atom is 0.273 e. The number of hydrogen-bond donors (Lipinski definition) is 1. The molecule has 4 aliphatic rings. The Hall–Kier alpha value is -1.25. The number of carbonyl (C=O) groups excluding carboxylic acids is 1. The Bertz CT molecular complexity index is 730. The van der Waals surface area contributed by atoms with Crippen molar-refractivity contribution in [3.05, 3.63) is 17.5 Å². The summed E-state index contributed by atoms with van der Waals surface area (Å²) in [4.78, 5) is 12.6. The molecule has 4 heterocycles. The summed E-state index contributed by atoms with van der Waals surface area (Å²) in [5, 5.41) is 7.43. The lowest BCUT2D eigenvalue weighted by Gasteiger charge is -2.40. The van der Waals surface area contributed by atoms with E-state index in [2.05, 4.69) is 14.8 Å². The highest BCUT2D eigenvalue weighted by Gasteiger charge is 2.45. The van der Waals surface area contributed by atoms with Crippen LogP contribution >= 0.6 is 0 Å². The molecule has 1 aliphatic carbocycles. The molecule has 7 nitrogen and oxygen atoms in total. The molecule has 0 spiro atoms. The molecular formula is C20H29N3O4S. The quantitative estimate of drug-likeness (QED) is 0.811. The van der Waals surface area contributed by atoms with Gasteiger partial charge in [0.2, 0.25) is 0 Å². The molecule has 3 unspecified atom stereocenters. The van der Waals surface area contributed by atoms with Gasteiger partial charge >= 0.3 is 0 Å². The number of nitrogens with one attached hydrogen (secondary N) is 1. The monoisotopic (exact) mass is 407 g/mol. The maximum absolute atomic E-state index is 13.2. The van der Waals surface area contributed by atoms with Crippen molar-refractivity contribution in [2.24, 2.45) is 0 Å². The number of aromatic nitrogens is 1. The summed E-state index contributed by atoms with van der Waals surface area (Å²) in [5.41, 5.74) is 0.349. The maximum atomic E-state index is 13.2. The average molecular weight is 408 g/mol. The predicted molar refractivity (Wildman–Crippen MR) is 104 cm³/mol. The molecule has 1 aromatic rings. The van der Waals surface area contributed by atoms with Crippen LogP contribution in [0.3, 0.4) is 0 Å². The van der Waals surface area contributed by atoms with E-state index in [1.54, 1.807) is 6.07 Å². The van der Waals surface area contributed by atoms with Crippen molar-refractivity contribution in [2.75, 3.05) is 13.2 Å². The van der Waals surface area contributed by atoms with Gasteiger partial charge in [-0.25, -0.2) is 8.51 Å². The molecule has 3 atom stereocenters. The topological polar surface area (TPSA) is 84.7 Å². The van der Waals surface area contributed by atoms with E-state index in [-0.39, 0.29) is 17.9 Å². The molecule has 0 aromatic carbocycles. The van der Waals surface area contributed by atoms with Crippen LogP contribution in [0, 0.1) is 0 Å². The molecule has 2 bridgehead atoms. The van der Waals surface area contributed by atoms with Crippen molar-refractivity contribution in [1.29, 1.82) is 0 Å². The minimum atomic E-state index is -0.869. The summed E-state index contributed by atoms with van der Waals surface area (Å²) in [6.07, 6.45) is 9.84. The van der Waals surface area contributed by atoms with Gasteiger partial charge in [0.25, 0.3) is 5.91 Å². The highest BCUT2D eigenvalue weighted by atomic mass is 32.2. The molecule has 0 radical (unpaired) electrons. The van der Waals surface area contributed by atoms with Crippen LogP contribution in [0.2, 0.25) is 0 Å². The Balaban J connectivity index is 1.19. The molecule has 1 amide bonds. The third-order valence-corrected chi connectivity index (χ3v) is 8.90. The first-order valence-electron chi connectivity index (χ1n) is 10.7. The van der Waals surface area contributed by atoms with E-state index in [0.717, 1.165) is 44.3 Å². The van der Waals surface area contributed by atoms with Crippen LogP contribution < -0.4 is 5.32 Å². The lowest BCUT2D eigenvalue weighted by atomic mass is 9.99. The lowest BCUT2D eigenvalue weighted by Crippen LogP contribution is -2.52. The molecule has 28 heavy (non-hydrogen) atoms. The molecule has 8 heteroatoms. The van der Waals surface area contributed by atoms with Gasteiger partial charge in [0, 0.05) is 29.4 Å². The van der Waals surface area contributed by atoms with E-state index in [1.165, 1.54) is 19.3 Å². The van der Waals surface area contributed by atoms with E-state index < -0.39 is 11.0 Å². The standard InChI is InChI=1S/C20H29N3O4S/c24-20(18-10-19(27-22-18)13-11-26-12-13)21-14-8-15-6-7-16(9-14)23(15)28(25)17-4-2-1-3-5-17/h10,13-17H,1-9,11-12H2,(H,21,24). The zero-order valence-corrected chi connectivity index (χ0v) is 17.0. The zero-order chi connectivity index (χ0) is 19.1. The lowest BCUT2D eigenvalue weighted by molar-refractivity contribution is -0.00228. The summed E-state index contributed by atoms with van der Waals surface area (Å²) in [5.74, 6) is 0.790. The minimum absolute atomic E-state index is 0.122. The van der Waals surface area contributed by atoms with Gasteiger partial charge in [-0.2, -0.15) is 0 Å². The molecule has 3 saturated heterocycles. The number of hydrogen-bond acceptors (Lipinski definition) is 5. The number of amides is 1. The van der Waals surface area contributed by atoms with Crippen molar-refractivity contribution in [3.8, 4) is 0 Å². The predicted octanol–water partition coefficient (Wildman–Crippen LogP) is 2.51. The second-order valence-electron chi connectivity index (χ2n) is 8.77. The number of piperidine rings is 1.